The number of fused-ring (bicyclic) bond motifs is 2. The number of carbonyl (C=O) groups excluding carboxylic acids is 2. The van der Waals surface area contributed by atoms with Crippen molar-refractivity contribution in [2.45, 2.75) is 77.8 Å². The smallest absolute Gasteiger partial charge is 0.338 e. The summed E-state index contributed by atoms with van der Waals surface area (Å²) in [6.45, 7) is 8.62. The molecule has 3 aromatic carbocycles. The molecule has 8 atom stereocenters. The van der Waals surface area contributed by atoms with Crippen LogP contribution in [-0.2, 0) is 27.3 Å². The summed E-state index contributed by atoms with van der Waals surface area (Å²) in [5.41, 5.74) is 4.88. The predicted molar refractivity (Wildman–Crippen MR) is 201 cm³/mol. The highest BCUT2D eigenvalue weighted by Crippen LogP contribution is 2.61. The van der Waals surface area contributed by atoms with Crippen molar-refractivity contribution in [3.8, 4) is 16.9 Å². The Morgan fingerprint density at radius 2 is 1.83 bits per heavy atom. The van der Waals surface area contributed by atoms with Gasteiger partial charge in [-0.05, 0) is 72.3 Å². The molecule has 0 radical (unpaired) electrons. The average molecular weight is 714 g/mol. The topological polar surface area (TPSA) is 121 Å². The minimum Gasteiger partial charge on any atom is -0.496 e. The molecule has 1 heterocycles. The summed E-state index contributed by atoms with van der Waals surface area (Å²) >= 11 is 0. The average Bonchev–Trinajstić information content (AvgIpc) is 3.51. The van der Waals surface area contributed by atoms with Gasteiger partial charge in [0.25, 0.3) is 0 Å². The molecule has 0 aromatic heterocycles. The van der Waals surface area contributed by atoms with Gasteiger partial charge in [0.2, 0.25) is 5.91 Å². The number of ether oxygens (including phenoxy) is 2. The first-order valence-electron chi connectivity index (χ1n) is 18.6. The summed E-state index contributed by atoms with van der Waals surface area (Å²) < 4.78 is 11.7. The first-order valence-corrected chi connectivity index (χ1v) is 18.6. The van der Waals surface area contributed by atoms with Crippen LogP contribution >= 0.6 is 0 Å². The zero-order valence-electron chi connectivity index (χ0n) is 31.5. The fourth-order valence-corrected chi connectivity index (χ4v) is 8.96. The number of esters is 1. The number of nitrogens with one attached hydrogen (secondary N) is 1. The second-order valence-corrected chi connectivity index (χ2v) is 15.8. The lowest BCUT2D eigenvalue weighted by atomic mass is 9.45. The van der Waals surface area contributed by atoms with E-state index in [0.717, 1.165) is 34.4 Å². The first kappa shape index (κ1) is 37.8. The quantitative estimate of drug-likeness (QED) is 0.198. The Bertz CT molecular complexity index is 1730. The fourth-order valence-electron chi connectivity index (χ4n) is 8.96. The Morgan fingerprint density at radius 3 is 2.46 bits per heavy atom. The van der Waals surface area contributed by atoms with Crippen molar-refractivity contribution < 1.29 is 34.1 Å². The van der Waals surface area contributed by atoms with E-state index in [0.29, 0.717) is 35.5 Å². The van der Waals surface area contributed by atoms with Gasteiger partial charge < -0.3 is 29.9 Å². The molecule has 1 aliphatic heterocycles. The van der Waals surface area contributed by atoms with Crippen LogP contribution in [0.3, 0.4) is 0 Å². The number of nitrogens with zero attached hydrogens (tertiary/aromatic N) is 2. The Labute approximate surface area is 308 Å². The molecule has 1 saturated heterocycles. The third kappa shape index (κ3) is 7.44. The number of anilines is 1. The van der Waals surface area contributed by atoms with E-state index in [-0.39, 0.29) is 37.1 Å². The van der Waals surface area contributed by atoms with Gasteiger partial charge in [0.05, 0.1) is 38.5 Å². The van der Waals surface area contributed by atoms with E-state index in [2.05, 4.69) is 26.1 Å². The third-order valence-electron chi connectivity index (χ3n) is 12.1. The monoisotopic (exact) mass is 713 g/mol. The van der Waals surface area contributed by atoms with E-state index >= 15 is 0 Å². The Morgan fingerprint density at radius 1 is 1.08 bits per heavy atom. The molecule has 3 aromatic rings. The minimum atomic E-state index is -0.901. The number of rotatable bonds is 13. The summed E-state index contributed by atoms with van der Waals surface area (Å²) in [5.74, 6) is 0.760. The van der Waals surface area contributed by atoms with Gasteiger partial charge in [0.15, 0.2) is 0 Å². The van der Waals surface area contributed by atoms with Crippen molar-refractivity contribution >= 4 is 17.6 Å². The first-order chi connectivity index (χ1) is 24.8. The third-order valence-corrected chi connectivity index (χ3v) is 12.1. The maximum Gasteiger partial charge on any atom is 0.338 e. The highest BCUT2D eigenvalue weighted by Gasteiger charge is 2.57. The lowest BCUT2D eigenvalue weighted by molar-refractivity contribution is -0.183. The highest BCUT2D eigenvalue weighted by molar-refractivity contribution is 5.93. The van der Waals surface area contributed by atoms with Gasteiger partial charge in [-0.3, -0.25) is 9.63 Å². The molecule has 0 spiro atoms. The molecule has 10 heteroatoms. The molecule has 0 unspecified atom stereocenters. The standard InChI is InChI=1S/C42H55N3O7/c1-25-34-21-31(42(34,3)4)22-35(25)43-40(48)38-37(26(2)47)36(24-46)52-45(38)23-28-14-11-15-33(39(28)50-7)29-18-30(20-32(19-29)44(5)6)41(49)51-17-16-27-12-9-8-10-13-27/h8-15,18-20,25-26,31,34-38,46-47H,16-17,21-24H2,1-7H3,(H,43,48)/t25-,26-,31+,34-,35-,36-,37-,38-/m0/s1. The minimum absolute atomic E-state index is 0.0370. The van der Waals surface area contributed by atoms with Crippen LogP contribution in [-0.4, -0.2) is 85.9 Å². The summed E-state index contributed by atoms with van der Waals surface area (Å²) in [7, 11) is 5.43. The van der Waals surface area contributed by atoms with Gasteiger partial charge in [-0.2, -0.15) is 5.06 Å². The second-order valence-electron chi connectivity index (χ2n) is 15.8. The van der Waals surface area contributed by atoms with E-state index in [1.165, 1.54) is 6.42 Å². The van der Waals surface area contributed by atoms with E-state index in [9.17, 15) is 19.8 Å². The van der Waals surface area contributed by atoms with E-state index < -0.39 is 30.1 Å². The van der Waals surface area contributed by atoms with Crippen LogP contribution in [0.25, 0.3) is 11.1 Å². The van der Waals surface area contributed by atoms with Gasteiger partial charge >= 0.3 is 5.97 Å². The molecule has 3 N–H and O–H groups in total. The summed E-state index contributed by atoms with van der Waals surface area (Å²) in [6, 6.07) is 20.5. The molecule has 3 aliphatic carbocycles. The molecule has 1 amide bonds. The number of hydrogen-bond donors (Lipinski definition) is 3. The maximum absolute atomic E-state index is 14.2. The summed E-state index contributed by atoms with van der Waals surface area (Å²) in [5, 5.41) is 26.2. The lowest BCUT2D eigenvalue weighted by Gasteiger charge is -2.62. The van der Waals surface area contributed by atoms with Gasteiger partial charge in [-0.1, -0.05) is 69.3 Å². The van der Waals surface area contributed by atoms with E-state index in [1.807, 2.05) is 85.7 Å². The van der Waals surface area contributed by atoms with Crippen molar-refractivity contribution in [1.82, 2.24) is 10.4 Å². The van der Waals surface area contributed by atoms with Crippen molar-refractivity contribution in [1.29, 1.82) is 0 Å². The van der Waals surface area contributed by atoms with Crippen LogP contribution in [0, 0.1) is 29.1 Å². The zero-order chi connectivity index (χ0) is 37.3. The Kier molecular flexibility index (Phi) is 11.3. The Balaban J connectivity index is 1.26. The molecule has 2 bridgehead atoms. The Hall–Kier alpha value is -3.96. The number of amides is 1. The molecule has 3 saturated carbocycles. The number of hydrogen-bond acceptors (Lipinski definition) is 9. The SMILES string of the molecule is COc1c(CN2O[C@@H](CO)[C@H]([C@H](C)O)[C@H]2C(=O)N[C@H]2C[C@H]3C[C@@H]([C@@H]2C)C3(C)C)cccc1-c1cc(C(=O)OCCc2ccccc2)cc(N(C)C)c1. The van der Waals surface area contributed by atoms with Gasteiger partial charge in [-0.25, -0.2) is 4.79 Å². The van der Waals surface area contributed by atoms with Crippen LogP contribution in [0.2, 0.25) is 0 Å². The summed E-state index contributed by atoms with van der Waals surface area (Å²) in [6.07, 6.45) is 1.09. The highest BCUT2D eigenvalue weighted by atomic mass is 16.7. The van der Waals surface area contributed by atoms with Crippen LogP contribution in [0.4, 0.5) is 5.69 Å². The predicted octanol–water partition coefficient (Wildman–Crippen LogP) is 5.49. The van der Waals surface area contributed by atoms with Gasteiger partial charge in [0, 0.05) is 49.3 Å². The van der Waals surface area contributed by atoms with Crippen molar-refractivity contribution in [2.75, 3.05) is 39.3 Å². The normalized spacial score (nSPS) is 27.0. The van der Waals surface area contributed by atoms with E-state index in [4.69, 9.17) is 14.3 Å². The fraction of sp³-hybridized carbons (Fsp3) is 0.524. The number of carbonyl (C=O) groups is 2. The number of methoxy groups -OCH3 is 1. The number of hydroxylamine groups is 2. The molecule has 280 valence electrons. The number of para-hydroxylation sites is 1. The van der Waals surface area contributed by atoms with Crippen molar-refractivity contribution in [2.24, 2.45) is 29.1 Å². The van der Waals surface area contributed by atoms with Gasteiger partial charge in [-0.15, -0.1) is 0 Å². The van der Waals surface area contributed by atoms with Crippen molar-refractivity contribution in [3.05, 3.63) is 83.4 Å². The number of aliphatic hydroxyl groups excluding tert-OH is 2. The van der Waals surface area contributed by atoms with Crippen LogP contribution in [0.5, 0.6) is 5.75 Å². The largest absolute Gasteiger partial charge is 0.496 e. The lowest BCUT2D eigenvalue weighted by Crippen LogP contribution is -2.62. The van der Waals surface area contributed by atoms with Crippen LogP contribution in [0.15, 0.2) is 66.7 Å². The molecular weight excluding hydrogens is 658 g/mol. The molecular formula is C42H55N3O7. The van der Waals surface area contributed by atoms with Crippen LogP contribution < -0.4 is 15.0 Å². The molecule has 7 rings (SSSR count). The van der Waals surface area contributed by atoms with Gasteiger partial charge in [0.1, 0.15) is 17.9 Å². The number of aliphatic hydroxyl groups is 2. The summed E-state index contributed by atoms with van der Waals surface area (Å²) in [4.78, 5) is 35.7. The molecule has 52 heavy (non-hydrogen) atoms. The molecule has 4 aliphatic rings. The van der Waals surface area contributed by atoms with E-state index in [1.54, 1.807) is 19.1 Å². The molecule has 10 nitrogen and oxygen atoms in total. The number of benzene rings is 3. The second kappa shape index (κ2) is 15.6. The molecule has 4 fully saturated rings. The zero-order valence-corrected chi connectivity index (χ0v) is 31.5. The van der Waals surface area contributed by atoms with Crippen molar-refractivity contribution in [3.63, 3.8) is 0 Å². The maximum atomic E-state index is 14.2. The van der Waals surface area contributed by atoms with Crippen LogP contribution in [0.1, 0.15) is 62.0 Å².